The van der Waals surface area contributed by atoms with Gasteiger partial charge < -0.3 is 0 Å². The highest BCUT2D eigenvalue weighted by Gasteiger charge is 2.08. The Kier molecular flexibility index (Phi) is 4.90. The topological polar surface area (TPSA) is 0 Å². The van der Waals surface area contributed by atoms with Crippen molar-refractivity contribution in [3.63, 3.8) is 0 Å². The lowest BCUT2D eigenvalue weighted by Crippen LogP contribution is -1.95. The normalized spacial score (nSPS) is 9.86. The van der Waals surface area contributed by atoms with Gasteiger partial charge in [0.25, 0.3) is 0 Å². The minimum atomic E-state index is -0.617. The van der Waals surface area contributed by atoms with Crippen LogP contribution in [0, 0.1) is 30.4 Å². The van der Waals surface area contributed by atoms with Crippen LogP contribution in [-0.2, 0) is 6.42 Å². The molecule has 0 radical (unpaired) electrons. The third-order valence-electron chi connectivity index (χ3n) is 3.12. The van der Waals surface area contributed by atoms with Gasteiger partial charge in [-0.15, -0.1) is 6.58 Å². The third-order valence-corrected chi connectivity index (χ3v) is 3.12. The lowest BCUT2D eigenvalue weighted by molar-refractivity contribution is 0.574. The van der Waals surface area contributed by atoms with Gasteiger partial charge in [-0.1, -0.05) is 35.6 Å². The minimum absolute atomic E-state index is 0.182. The van der Waals surface area contributed by atoms with Crippen LogP contribution in [0.15, 0.2) is 49.1 Å². The van der Waals surface area contributed by atoms with Crippen LogP contribution in [0.4, 0.5) is 8.78 Å². The van der Waals surface area contributed by atoms with E-state index >= 15 is 0 Å². The summed E-state index contributed by atoms with van der Waals surface area (Å²) in [5.74, 6) is 4.13. The van der Waals surface area contributed by atoms with Crippen LogP contribution < -0.4 is 0 Å². The van der Waals surface area contributed by atoms with Gasteiger partial charge in [-0.05, 0) is 49.6 Å². The number of allylic oxidation sites excluding steroid dienone is 1. The molecule has 2 heteroatoms. The van der Waals surface area contributed by atoms with Gasteiger partial charge in [0.05, 0.1) is 5.56 Å². The van der Waals surface area contributed by atoms with E-state index in [-0.39, 0.29) is 5.56 Å². The molecular weight excluding hydrogens is 266 g/mol. The molecule has 0 unspecified atom stereocenters. The van der Waals surface area contributed by atoms with Gasteiger partial charge in [0.15, 0.2) is 0 Å². The molecule has 2 aromatic carbocycles. The van der Waals surface area contributed by atoms with E-state index in [1.54, 1.807) is 6.08 Å². The first-order valence-corrected chi connectivity index (χ1v) is 6.77. The van der Waals surface area contributed by atoms with Crippen molar-refractivity contribution >= 4 is 0 Å². The highest BCUT2D eigenvalue weighted by Crippen LogP contribution is 2.16. The molecule has 0 aliphatic heterocycles. The van der Waals surface area contributed by atoms with Crippen LogP contribution in [0.5, 0.6) is 0 Å². The van der Waals surface area contributed by atoms with Gasteiger partial charge in [0.2, 0.25) is 0 Å². The summed E-state index contributed by atoms with van der Waals surface area (Å²) >= 11 is 0. The third kappa shape index (κ3) is 4.03. The van der Waals surface area contributed by atoms with Crippen LogP contribution in [0.1, 0.15) is 28.7 Å². The van der Waals surface area contributed by atoms with E-state index < -0.39 is 11.6 Å². The molecule has 0 saturated heterocycles. The molecule has 2 aromatic rings. The molecule has 0 nitrogen and oxygen atoms in total. The molecule has 0 spiro atoms. The number of rotatable bonds is 3. The van der Waals surface area contributed by atoms with Gasteiger partial charge >= 0.3 is 0 Å². The molecule has 2 rings (SSSR count). The minimum Gasteiger partial charge on any atom is -0.206 e. The molecule has 0 saturated carbocycles. The van der Waals surface area contributed by atoms with Crippen LogP contribution in [0.3, 0.4) is 0 Å². The van der Waals surface area contributed by atoms with Crippen LogP contribution in [-0.4, -0.2) is 0 Å². The van der Waals surface area contributed by atoms with Crippen LogP contribution in [0.25, 0.3) is 0 Å². The van der Waals surface area contributed by atoms with E-state index in [2.05, 4.69) is 18.4 Å². The predicted octanol–water partition coefficient (Wildman–Crippen LogP) is 4.79. The quantitative estimate of drug-likeness (QED) is 0.561. The van der Waals surface area contributed by atoms with Gasteiger partial charge in [-0.3, -0.25) is 0 Å². The van der Waals surface area contributed by atoms with E-state index in [9.17, 15) is 8.78 Å². The molecule has 0 bridgehead atoms. The van der Waals surface area contributed by atoms with Crippen molar-refractivity contribution < 1.29 is 8.78 Å². The van der Waals surface area contributed by atoms with E-state index in [1.165, 1.54) is 12.1 Å². The largest absolute Gasteiger partial charge is 0.206 e. The first kappa shape index (κ1) is 15.0. The first-order valence-electron chi connectivity index (χ1n) is 6.77. The Morgan fingerprint density at radius 2 is 1.67 bits per heavy atom. The molecule has 0 heterocycles. The van der Waals surface area contributed by atoms with Gasteiger partial charge in [0.1, 0.15) is 11.6 Å². The van der Waals surface area contributed by atoms with Crippen molar-refractivity contribution in [1.29, 1.82) is 0 Å². The zero-order chi connectivity index (χ0) is 15.2. The fourth-order valence-corrected chi connectivity index (χ4v) is 1.93. The zero-order valence-corrected chi connectivity index (χ0v) is 11.9. The Morgan fingerprint density at radius 1 is 1.05 bits per heavy atom. The fraction of sp³-hybridized carbons (Fsp3) is 0.158. The smallest absolute Gasteiger partial charge is 0.142 e. The summed E-state index contributed by atoms with van der Waals surface area (Å²) in [5.41, 5.74) is 2.28. The highest BCUT2D eigenvalue weighted by atomic mass is 19.1. The van der Waals surface area contributed by atoms with E-state index in [0.29, 0.717) is 18.4 Å². The summed E-state index contributed by atoms with van der Waals surface area (Å²) < 4.78 is 27.9. The molecular formula is C19H16F2. The lowest BCUT2D eigenvalue weighted by Gasteiger charge is -2.03. The summed E-state index contributed by atoms with van der Waals surface area (Å²) in [6.45, 7) is 5.57. The molecule has 0 fully saturated rings. The molecule has 0 aromatic heterocycles. The van der Waals surface area contributed by atoms with Crippen molar-refractivity contribution in [2.45, 2.75) is 19.8 Å². The van der Waals surface area contributed by atoms with Crippen molar-refractivity contribution in [2.75, 3.05) is 0 Å². The van der Waals surface area contributed by atoms with E-state index in [0.717, 1.165) is 11.1 Å². The zero-order valence-electron chi connectivity index (χ0n) is 11.9. The highest BCUT2D eigenvalue weighted by molar-refractivity contribution is 5.45. The maximum Gasteiger partial charge on any atom is 0.142 e. The number of hydrogen-bond acceptors (Lipinski definition) is 0. The Bertz CT molecular complexity index is 678. The SMILES string of the molecule is C=CCCc1cc(F)c(C#Cc2ccc(C)cc2)c(F)c1. The molecule has 21 heavy (non-hydrogen) atoms. The maximum atomic E-state index is 13.9. The van der Waals surface area contributed by atoms with Crippen molar-refractivity contribution in [1.82, 2.24) is 0 Å². The molecule has 0 N–H and O–H groups in total. The second-order valence-electron chi connectivity index (χ2n) is 4.88. The lowest BCUT2D eigenvalue weighted by atomic mass is 10.1. The molecule has 106 valence electrons. The Balaban J connectivity index is 2.28. The molecule has 0 atom stereocenters. The Hall–Kier alpha value is -2.40. The predicted molar refractivity (Wildman–Crippen MR) is 82.0 cm³/mol. The second-order valence-corrected chi connectivity index (χ2v) is 4.88. The number of hydrogen-bond donors (Lipinski definition) is 0. The van der Waals surface area contributed by atoms with Crippen molar-refractivity contribution in [2.24, 2.45) is 0 Å². The van der Waals surface area contributed by atoms with Crippen molar-refractivity contribution in [3.8, 4) is 11.8 Å². The van der Waals surface area contributed by atoms with Gasteiger partial charge in [-0.25, -0.2) is 8.78 Å². The summed E-state index contributed by atoms with van der Waals surface area (Å²) in [7, 11) is 0. The summed E-state index contributed by atoms with van der Waals surface area (Å²) in [6, 6.07) is 10.2. The number of aryl methyl sites for hydroxylation is 2. The van der Waals surface area contributed by atoms with Gasteiger partial charge in [-0.2, -0.15) is 0 Å². The average Bonchev–Trinajstić information content (AvgIpc) is 2.46. The van der Waals surface area contributed by atoms with E-state index in [1.807, 2.05) is 31.2 Å². The fourth-order valence-electron chi connectivity index (χ4n) is 1.93. The summed E-state index contributed by atoms with van der Waals surface area (Å²) in [4.78, 5) is 0. The molecule has 0 amide bonds. The molecule has 0 aliphatic rings. The van der Waals surface area contributed by atoms with E-state index in [4.69, 9.17) is 0 Å². The maximum absolute atomic E-state index is 13.9. The average molecular weight is 282 g/mol. The standard InChI is InChI=1S/C19H16F2/c1-3-4-5-16-12-18(20)17(19(21)13-16)11-10-15-8-6-14(2)7-9-15/h3,6-9,12-13H,1,4-5H2,2H3. The van der Waals surface area contributed by atoms with Crippen molar-refractivity contribution in [3.05, 3.63) is 82.9 Å². The molecule has 0 aliphatic carbocycles. The number of benzene rings is 2. The Morgan fingerprint density at radius 3 is 2.24 bits per heavy atom. The number of halogens is 2. The second kappa shape index (κ2) is 6.85. The first-order chi connectivity index (χ1) is 10.1. The summed E-state index contributed by atoms with van der Waals surface area (Å²) in [6.07, 6.45) is 2.98. The van der Waals surface area contributed by atoms with Crippen LogP contribution in [0.2, 0.25) is 0 Å². The van der Waals surface area contributed by atoms with Gasteiger partial charge in [0, 0.05) is 5.56 Å². The summed E-state index contributed by atoms with van der Waals surface area (Å²) in [5, 5.41) is 0. The Labute approximate surface area is 124 Å². The monoisotopic (exact) mass is 282 g/mol. The van der Waals surface area contributed by atoms with Crippen LogP contribution >= 0.6 is 0 Å².